The van der Waals surface area contributed by atoms with Crippen molar-refractivity contribution < 1.29 is 19.1 Å². The second kappa shape index (κ2) is 13.4. The van der Waals surface area contributed by atoms with Gasteiger partial charge in [-0.05, 0) is 33.6 Å². The van der Waals surface area contributed by atoms with Crippen LogP contribution in [0, 0.1) is 0 Å². The van der Waals surface area contributed by atoms with Gasteiger partial charge in [-0.15, -0.1) is 0 Å². The third kappa shape index (κ3) is 14.6. The van der Waals surface area contributed by atoms with Gasteiger partial charge in [0.1, 0.15) is 0 Å². The summed E-state index contributed by atoms with van der Waals surface area (Å²) in [4.78, 5) is 21.5. The predicted molar refractivity (Wildman–Crippen MR) is 85.9 cm³/mol. The molecule has 0 aromatic heterocycles. The zero-order chi connectivity index (χ0) is 16.8. The highest BCUT2D eigenvalue weighted by Gasteiger charge is 2.08. The third-order valence-electron chi connectivity index (χ3n) is 2.53. The number of ether oxygens (including phenoxy) is 2. The van der Waals surface area contributed by atoms with Crippen LogP contribution in [0.15, 0.2) is 24.8 Å². The number of carbonyl (C=O) groups excluding carboxylic acids is 2. The summed E-state index contributed by atoms with van der Waals surface area (Å²) in [6, 6.07) is 0. The quantitative estimate of drug-likeness (QED) is 0.498. The standard InChI is InChI=1S/C9H16O2.C8H14O2/c1-5-6-8(4)11-9(10)7(2)3;1-4-6-7(3)10-8(9)5-2/h8H,2,5-6H2,1,3-4H3;5,7H,2,4,6H2,1,3H3. The molecule has 4 heteroatoms. The molecule has 0 saturated heterocycles. The van der Waals surface area contributed by atoms with Gasteiger partial charge in [0.2, 0.25) is 0 Å². The van der Waals surface area contributed by atoms with Gasteiger partial charge in [-0.3, -0.25) is 0 Å². The SMILES string of the molecule is C=C(C)C(=O)OC(C)CCC.C=CC(=O)OC(C)CCC. The van der Waals surface area contributed by atoms with Crippen LogP contribution in [0.5, 0.6) is 0 Å². The summed E-state index contributed by atoms with van der Waals surface area (Å²) < 4.78 is 9.90. The van der Waals surface area contributed by atoms with E-state index in [1.54, 1.807) is 6.92 Å². The number of esters is 2. The van der Waals surface area contributed by atoms with Crippen molar-refractivity contribution >= 4 is 11.9 Å². The molecule has 0 N–H and O–H groups in total. The first kappa shape index (κ1) is 21.7. The van der Waals surface area contributed by atoms with Crippen molar-refractivity contribution in [3.05, 3.63) is 24.8 Å². The maximum absolute atomic E-state index is 10.9. The van der Waals surface area contributed by atoms with E-state index in [0.717, 1.165) is 25.7 Å². The number of carbonyl (C=O) groups is 2. The third-order valence-corrected chi connectivity index (χ3v) is 2.53. The van der Waals surface area contributed by atoms with E-state index in [2.05, 4.69) is 27.0 Å². The van der Waals surface area contributed by atoms with E-state index in [-0.39, 0.29) is 24.1 Å². The number of rotatable bonds is 8. The first-order valence-corrected chi connectivity index (χ1v) is 7.47. The van der Waals surface area contributed by atoms with Gasteiger partial charge in [-0.2, -0.15) is 0 Å². The van der Waals surface area contributed by atoms with Crippen molar-refractivity contribution in [2.75, 3.05) is 0 Å². The number of hydrogen-bond donors (Lipinski definition) is 0. The molecule has 2 unspecified atom stereocenters. The molecule has 0 spiro atoms. The van der Waals surface area contributed by atoms with Gasteiger partial charge in [0.25, 0.3) is 0 Å². The average molecular weight is 298 g/mol. The van der Waals surface area contributed by atoms with Gasteiger partial charge in [-0.25, -0.2) is 9.59 Å². The molecule has 4 nitrogen and oxygen atoms in total. The van der Waals surface area contributed by atoms with E-state index < -0.39 is 0 Å². The van der Waals surface area contributed by atoms with Crippen LogP contribution in [0.3, 0.4) is 0 Å². The van der Waals surface area contributed by atoms with Crippen LogP contribution in [0.1, 0.15) is 60.3 Å². The summed E-state index contributed by atoms with van der Waals surface area (Å²) in [7, 11) is 0. The van der Waals surface area contributed by atoms with Crippen LogP contribution in [-0.2, 0) is 19.1 Å². The minimum absolute atomic E-state index is 0.0178. The van der Waals surface area contributed by atoms with Gasteiger partial charge in [-0.1, -0.05) is 39.8 Å². The molecule has 122 valence electrons. The molecule has 0 aliphatic carbocycles. The molecule has 0 bridgehead atoms. The Labute approximate surface area is 129 Å². The lowest BCUT2D eigenvalue weighted by atomic mass is 10.2. The zero-order valence-electron chi connectivity index (χ0n) is 14.1. The van der Waals surface area contributed by atoms with E-state index in [0.29, 0.717) is 5.57 Å². The Kier molecular flexibility index (Phi) is 13.9. The van der Waals surface area contributed by atoms with Gasteiger partial charge >= 0.3 is 11.9 Å². The summed E-state index contributed by atoms with van der Waals surface area (Å²) in [5.41, 5.74) is 0.466. The summed E-state index contributed by atoms with van der Waals surface area (Å²) in [6.45, 7) is 16.3. The van der Waals surface area contributed by atoms with Crippen LogP contribution in [0.4, 0.5) is 0 Å². The van der Waals surface area contributed by atoms with Crippen LogP contribution >= 0.6 is 0 Å². The van der Waals surface area contributed by atoms with Crippen LogP contribution < -0.4 is 0 Å². The zero-order valence-corrected chi connectivity index (χ0v) is 14.1. The molecule has 0 aliphatic heterocycles. The summed E-state index contributed by atoms with van der Waals surface area (Å²) in [6.07, 6.45) is 5.13. The maximum atomic E-state index is 10.9. The van der Waals surface area contributed by atoms with Crippen LogP contribution in [0.2, 0.25) is 0 Å². The molecule has 0 fully saturated rings. The van der Waals surface area contributed by atoms with Crippen molar-refractivity contribution in [3.8, 4) is 0 Å². The Morgan fingerprint density at radius 2 is 1.48 bits per heavy atom. The van der Waals surface area contributed by atoms with Crippen molar-refractivity contribution in [2.45, 2.75) is 72.5 Å². The molecule has 21 heavy (non-hydrogen) atoms. The van der Waals surface area contributed by atoms with Gasteiger partial charge in [0.15, 0.2) is 0 Å². The molecule has 0 aromatic rings. The van der Waals surface area contributed by atoms with Gasteiger partial charge in [0, 0.05) is 11.6 Å². The van der Waals surface area contributed by atoms with Crippen molar-refractivity contribution in [1.29, 1.82) is 0 Å². The predicted octanol–water partition coefficient (Wildman–Crippen LogP) is 4.20. The van der Waals surface area contributed by atoms with Crippen molar-refractivity contribution in [3.63, 3.8) is 0 Å². The second-order valence-electron chi connectivity index (χ2n) is 5.03. The number of hydrogen-bond acceptors (Lipinski definition) is 4. The molecule has 0 heterocycles. The smallest absolute Gasteiger partial charge is 0.333 e. The summed E-state index contributed by atoms with van der Waals surface area (Å²) >= 11 is 0. The maximum Gasteiger partial charge on any atom is 0.333 e. The summed E-state index contributed by atoms with van der Waals surface area (Å²) in [5, 5.41) is 0. The lowest BCUT2D eigenvalue weighted by Gasteiger charge is -2.11. The minimum Gasteiger partial charge on any atom is -0.460 e. The Morgan fingerprint density at radius 3 is 1.81 bits per heavy atom. The molecule has 0 rings (SSSR count). The van der Waals surface area contributed by atoms with E-state index in [1.165, 1.54) is 6.08 Å². The fourth-order valence-electron chi connectivity index (χ4n) is 1.46. The Bertz CT molecular complexity index is 334. The molecule has 2 atom stereocenters. The van der Waals surface area contributed by atoms with E-state index in [1.807, 2.05) is 13.8 Å². The molecule has 0 saturated carbocycles. The summed E-state index contributed by atoms with van der Waals surface area (Å²) in [5.74, 6) is -0.619. The normalized spacial score (nSPS) is 12.2. The van der Waals surface area contributed by atoms with Gasteiger partial charge in [0.05, 0.1) is 12.2 Å². The highest BCUT2D eigenvalue weighted by Crippen LogP contribution is 2.03. The van der Waals surface area contributed by atoms with E-state index >= 15 is 0 Å². The topological polar surface area (TPSA) is 52.6 Å². The van der Waals surface area contributed by atoms with Crippen molar-refractivity contribution in [1.82, 2.24) is 0 Å². The monoisotopic (exact) mass is 298 g/mol. The minimum atomic E-state index is -0.332. The molecule has 0 aromatic carbocycles. The molecular weight excluding hydrogens is 268 g/mol. The van der Waals surface area contributed by atoms with Gasteiger partial charge < -0.3 is 9.47 Å². The Hall–Kier alpha value is -1.58. The largest absolute Gasteiger partial charge is 0.460 e. The van der Waals surface area contributed by atoms with E-state index in [4.69, 9.17) is 9.47 Å². The first-order chi connectivity index (χ1) is 9.78. The van der Waals surface area contributed by atoms with Crippen LogP contribution in [-0.4, -0.2) is 24.1 Å². The molecular formula is C17H30O4. The molecule has 0 aliphatic rings. The second-order valence-corrected chi connectivity index (χ2v) is 5.03. The fraction of sp³-hybridized carbons (Fsp3) is 0.647. The fourth-order valence-corrected chi connectivity index (χ4v) is 1.46. The van der Waals surface area contributed by atoms with Crippen molar-refractivity contribution in [2.24, 2.45) is 0 Å². The Balaban J connectivity index is 0. The highest BCUT2D eigenvalue weighted by molar-refractivity contribution is 5.87. The first-order valence-electron chi connectivity index (χ1n) is 7.47. The van der Waals surface area contributed by atoms with E-state index in [9.17, 15) is 9.59 Å². The average Bonchev–Trinajstić information content (AvgIpc) is 2.39. The molecule has 0 radical (unpaired) electrons. The lowest BCUT2D eigenvalue weighted by Crippen LogP contribution is -2.14. The lowest BCUT2D eigenvalue weighted by molar-refractivity contribution is -0.144. The van der Waals surface area contributed by atoms with Crippen LogP contribution in [0.25, 0.3) is 0 Å². The Morgan fingerprint density at radius 1 is 1.05 bits per heavy atom. The highest BCUT2D eigenvalue weighted by atomic mass is 16.5. The molecule has 0 amide bonds.